The number of hydrogen-bond donors (Lipinski definition) is 1. The Hall–Kier alpha value is -2.10. The van der Waals surface area contributed by atoms with Crippen LogP contribution < -0.4 is 10.1 Å². The Bertz CT molecular complexity index is 900. The first-order valence-corrected chi connectivity index (χ1v) is 11.1. The van der Waals surface area contributed by atoms with Gasteiger partial charge in [0.1, 0.15) is 5.75 Å². The SMILES string of the molecule is COc1cc(C)c(Sc2cnc(NC(C)=O)s2)cc1C(=O)N1CCCN(C)CC1. The van der Waals surface area contributed by atoms with Crippen molar-refractivity contribution in [2.24, 2.45) is 0 Å². The van der Waals surface area contributed by atoms with E-state index in [4.69, 9.17) is 4.74 Å². The van der Waals surface area contributed by atoms with E-state index in [1.807, 2.05) is 24.0 Å². The number of ether oxygens (including phenoxy) is 1. The number of nitrogens with one attached hydrogen (secondary N) is 1. The number of benzene rings is 1. The van der Waals surface area contributed by atoms with Crippen molar-refractivity contribution in [3.8, 4) is 5.75 Å². The molecule has 29 heavy (non-hydrogen) atoms. The first-order valence-electron chi connectivity index (χ1n) is 9.45. The highest BCUT2D eigenvalue weighted by Gasteiger charge is 2.23. The number of carbonyl (C=O) groups is 2. The zero-order valence-electron chi connectivity index (χ0n) is 17.2. The van der Waals surface area contributed by atoms with Gasteiger partial charge in [0.2, 0.25) is 5.91 Å². The van der Waals surface area contributed by atoms with Crippen LogP contribution in [0, 0.1) is 6.92 Å². The van der Waals surface area contributed by atoms with Crippen molar-refractivity contribution in [2.75, 3.05) is 45.7 Å². The number of hydrogen-bond acceptors (Lipinski definition) is 7. The largest absolute Gasteiger partial charge is 0.496 e. The quantitative estimate of drug-likeness (QED) is 0.778. The minimum Gasteiger partial charge on any atom is -0.496 e. The molecule has 156 valence electrons. The fraction of sp³-hybridized carbons (Fsp3) is 0.450. The first kappa shape index (κ1) is 21.6. The van der Waals surface area contributed by atoms with Crippen molar-refractivity contribution in [2.45, 2.75) is 29.4 Å². The average molecular weight is 435 g/mol. The molecule has 1 aliphatic rings. The molecule has 1 aromatic heterocycles. The lowest BCUT2D eigenvalue weighted by Gasteiger charge is -2.22. The summed E-state index contributed by atoms with van der Waals surface area (Å²) in [5, 5.41) is 3.26. The highest BCUT2D eigenvalue weighted by Crippen LogP contribution is 2.38. The molecule has 0 atom stereocenters. The summed E-state index contributed by atoms with van der Waals surface area (Å²) in [6.07, 6.45) is 2.70. The van der Waals surface area contributed by atoms with E-state index in [9.17, 15) is 9.59 Å². The van der Waals surface area contributed by atoms with Crippen LogP contribution in [-0.2, 0) is 4.79 Å². The van der Waals surface area contributed by atoms with E-state index in [2.05, 4.69) is 22.2 Å². The topological polar surface area (TPSA) is 74.8 Å². The smallest absolute Gasteiger partial charge is 0.257 e. The molecule has 1 fully saturated rings. The van der Waals surface area contributed by atoms with Crippen molar-refractivity contribution >= 4 is 40.0 Å². The van der Waals surface area contributed by atoms with Crippen molar-refractivity contribution in [1.82, 2.24) is 14.8 Å². The minimum absolute atomic E-state index is 0.00207. The monoisotopic (exact) mass is 434 g/mol. The van der Waals surface area contributed by atoms with Gasteiger partial charge in [0.25, 0.3) is 5.91 Å². The van der Waals surface area contributed by atoms with E-state index in [-0.39, 0.29) is 11.8 Å². The molecule has 2 heterocycles. The zero-order valence-corrected chi connectivity index (χ0v) is 18.8. The molecule has 1 aliphatic heterocycles. The molecule has 0 spiro atoms. The van der Waals surface area contributed by atoms with Gasteiger partial charge in [-0.15, -0.1) is 0 Å². The van der Waals surface area contributed by atoms with Crippen molar-refractivity contribution in [3.05, 3.63) is 29.5 Å². The lowest BCUT2D eigenvalue weighted by atomic mass is 10.1. The van der Waals surface area contributed by atoms with Gasteiger partial charge >= 0.3 is 0 Å². The van der Waals surface area contributed by atoms with Crippen molar-refractivity contribution < 1.29 is 14.3 Å². The molecule has 1 aromatic carbocycles. The second-order valence-corrected chi connectivity index (χ2v) is 9.41. The van der Waals surface area contributed by atoms with E-state index < -0.39 is 0 Å². The number of aryl methyl sites for hydroxylation is 1. The third-order valence-electron chi connectivity index (χ3n) is 4.71. The van der Waals surface area contributed by atoms with Gasteiger partial charge < -0.3 is 19.9 Å². The van der Waals surface area contributed by atoms with Gasteiger partial charge in [-0.05, 0) is 44.6 Å². The number of methoxy groups -OCH3 is 1. The molecule has 0 aliphatic carbocycles. The standard InChI is InChI=1S/C20H26N4O3S2/c1-13-10-16(27-4)15(19(26)24-7-5-6-23(3)8-9-24)11-17(13)28-18-12-21-20(29-18)22-14(2)25/h10-12H,5-9H2,1-4H3,(H,21,22,25). The average Bonchev–Trinajstić information content (AvgIpc) is 2.98. The lowest BCUT2D eigenvalue weighted by molar-refractivity contribution is -0.114. The van der Waals surface area contributed by atoms with Gasteiger partial charge in [-0.2, -0.15) is 0 Å². The molecule has 0 bridgehead atoms. The minimum atomic E-state index is -0.146. The number of carbonyl (C=O) groups excluding carboxylic acids is 2. The van der Waals surface area contributed by atoms with Gasteiger partial charge in [-0.3, -0.25) is 9.59 Å². The summed E-state index contributed by atoms with van der Waals surface area (Å²) < 4.78 is 6.46. The Morgan fingerprint density at radius 3 is 2.76 bits per heavy atom. The fourth-order valence-electron chi connectivity index (χ4n) is 3.15. The van der Waals surface area contributed by atoms with Gasteiger partial charge in [0.05, 0.1) is 23.1 Å². The van der Waals surface area contributed by atoms with Crippen LogP contribution >= 0.6 is 23.1 Å². The molecule has 1 saturated heterocycles. The van der Waals surface area contributed by atoms with Crippen LogP contribution in [0.25, 0.3) is 0 Å². The second-order valence-electron chi connectivity index (χ2n) is 7.03. The van der Waals surface area contributed by atoms with Crippen molar-refractivity contribution in [1.29, 1.82) is 0 Å². The second kappa shape index (κ2) is 9.60. The highest BCUT2D eigenvalue weighted by molar-refractivity contribution is 8.01. The summed E-state index contributed by atoms with van der Waals surface area (Å²) in [4.78, 5) is 33.8. The summed E-state index contributed by atoms with van der Waals surface area (Å²) in [6.45, 7) is 6.78. The number of anilines is 1. The molecule has 2 aromatic rings. The summed E-state index contributed by atoms with van der Waals surface area (Å²) in [5.74, 6) is 0.451. The zero-order chi connectivity index (χ0) is 21.0. The van der Waals surface area contributed by atoms with Gasteiger partial charge in [0.15, 0.2) is 5.13 Å². The highest BCUT2D eigenvalue weighted by atomic mass is 32.2. The van der Waals surface area contributed by atoms with Gasteiger partial charge in [-0.1, -0.05) is 23.1 Å². The molecule has 1 N–H and O–H groups in total. The van der Waals surface area contributed by atoms with E-state index in [1.165, 1.54) is 30.0 Å². The number of thiazole rings is 1. The number of rotatable bonds is 5. The predicted octanol–water partition coefficient (Wildman–Crippen LogP) is 3.35. The summed E-state index contributed by atoms with van der Waals surface area (Å²) >= 11 is 2.94. The maximum atomic E-state index is 13.2. The lowest BCUT2D eigenvalue weighted by Crippen LogP contribution is -2.34. The van der Waals surface area contributed by atoms with Crippen LogP contribution in [0.4, 0.5) is 5.13 Å². The molecule has 7 nitrogen and oxygen atoms in total. The Morgan fingerprint density at radius 2 is 2.03 bits per heavy atom. The molecular weight excluding hydrogens is 408 g/mol. The Balaban J connectivity index is 1.85. The van der Waals surface area contributed by atoms with Crippen LogP contribution in [0.1, 0.15) is 29.3 Å². The molecule has 0 radical (unpaired) electrons. The molecule has 0 unspecified atom stereocenters. The molecule has 2 amide bonds. The van der Waals surface area contributed by atoms with Crippen LogP contribution in [0.5, 0.6) is 5.75 Å². The van der Waals surface area contributed by atoms with Crippen LogP contribution in [0.2, 0.25) is 0 Å². The third-order valence-corrected chi connectivity index (χ3v) is 6.89. The number of nitrogens with zero attached hydrogens (tertiary/aromatic N) is 3. The number of aromatic nitrogens is 1. The van der Waals surface area contributed by atoms with Gasteiger partial charge in [-0.25, -0.2) is 4.98 Å². The molecule has 9 heteroatoms. The predicted molar refractivity (Wildman–Crippen MR) is 116 cm³/mol. The van der Waals surface area contributed by atoms with E-state index in [0.29, 0.717) is 23.0 Å². The number of amides is 2. The number of likely N-dealkylation sites (N-methyl/N-ethyl adjacent to an activating group) is 1. The maximum absolute atomic E-state index is 13.2. The van der Waals surface area contributed by atoms with Crippen LogP contribution in [0.15, 0.2) is 27.4 Å². The van der Waals surface area contributed by atoms with Crippen molar-refractivity contribution in [3.63, 3.8) is 0 Å². The summed E-state index contributed by atoms with van der Waals surface area (Å²) in [7, 11) is 3.68. The van der Waals surface area contributed by atoms with Gasteiger partial charge in [0, 0.05) is 31.5 Å². The fourth-order valence-corrected chi connectivity index (χ4v) is 5.14. The normalized spacial score (nSPS) is 15.1. The Kier molecular flexibility index (Phi) is 7.15. The van der Waals surface area contributed by atoms with Crippen LogP contribution in [-0.4, -0.2) is 66.9 Å². The van der Waals surface area contributed by atoms with E-state index in [0.717, 1.165) is 40.7 Å². The summed E-state index contributed by atoms with van der Waals surface area (Å²) in [6, 6.07) is 3.82. The first-order chi connectivity index (χ1) is 13.9. The van der Waals surface area contributed by atoms with E-state index >= 15 is 0 Å². The maximum Gasteiger partial charge on any atom is 0.257 e. The summed E-state index contributed by atoms with van der Waals surface area (Å²) in [5.41, 5.74) is 1.60. The molecule has 0 saturated carbocycles. The Morgan fingerprint density at radius 1 is 1.24 bits per heavy atom. The van der Waals surface area contributed by atoms with Crippen LogP contribution in [0.3, 0.4) is 0 Å². The Labute approximate surface area is 179 Å². The molecular formula is C20H26N4O3S2. The van der Waals surface area contributed by atoms with E-state index in [1.54, 1.807) is 13.3 Å². The molecule has 3 rings (SSSR count). The third kappa shape index (κ3) is 5.49.